The van der Waals surface area contributed by atoms with Crippen molar-refractivity contribution in [2.45, 2.75) is 50.2 Å². The lowest BCUT2D eigenvalue weighted by atomic mass is 9.85. The molecule has 0 bridgehead atoms. The smallest absolute Gasteiger partial charge is 0.108 e. The van der Waals surface area contributed by atoms with Gasteiger partial charge < -0.3 is 14.4 Å². The lowest BCUT2D eigenvalue weighted by Crippen LogP contribution is -2.58. The molecule has 2 heterocycles. The van der Waals surface area contributed by atoms with Gasteiger partial charge in [0.05, 0.1) is 19.3 Å². The Morgan fingerprint density at radius 3 is 2.67 bits per heavy atom. The van der Waals surface area contributed by atoms with E-state index in [1.807, 2.05) is 24.0 Å². The predicted molar refractivity (Wildman–Crippen MR) is 81.1 cm³/mol. The van der Waals surface area contributed by atoms with Crippen molar-refractivity contribution in [2.24, 2.45) is 7.05 Å². The van der Waals surface area contributed by atoms with Crippen molar-refractivity contribution in [3.8, 4) is 0 Å². The van der Waals surface area contributed by atoms with Gasteiger partial charge in [-0.1, -0.05) is 12.8 Å². The lowest BCUT2D eigenvalue weighted by Gasteiger charge is -2.46. The van der Waals surface area contributed by atoms with Gasteiger partial charge in [0.2, 0.25) is 0 Å². The van der Waals surface area contributed by atoms with E-state index in [0.29, 0.717) is 0 Å². The van der Waals surface area contributed by atoms with E-state index in [0.717, 1.165) is 57.8 Å². The maximum Gasteiger partial charge on any atom is 0.108 e. The molecule has 1 unspecified atom stereocenters. The van der Waals surface area contributed by atoms with Gasteiger partial charge in [0, 0.05) is 44.5 Å². The molecule has 0 radical (unpaired) electrons. The molecule has 2 aliphatic rings. The number of aryl methyl sites for hydroxylation is 2. The zero-order valence-electron chi connectivity index (χ0n) is 13.0. The molecule has 0 aromatic carbocycles. The number of hydrogen-bond donors (Lipinski definition) is 1. The number of nitrogens with zero attached hydrogens (tertiary/aromatic N) is 3. The van der Waals surface area contributed by atoms with Crippen LogP contribution in [-0.4, -0.2) is 57.5 Å². The van der Waals surface area contributed by atoms with Gasteiger partial charge in [-0.3, -0.25) is 4.90 Å². The molecular weight excluding hydrogens is 266 g/mol. The summed E-state index contributed by atoms with van der Waals surface area (Å²) >= 11 is 0. The highest BCUT2D eigenvalue weighted by Gasteiger charge is 2.45. The average molecular weight is 293 g/mol. The quantitative estimate of drug-likeness (QED) is 0.890. The molecule has 1 saturated carbocycles. The van der Waals surface area contributed by atoms with Crippen LogP contribution >= 0.6 is 0 Å². The molecule has 2 fully saturated rings. The van der Waals surface area contributed by atoms with Crippen molar-refractivity contribution in [3.63, 3.8) is 0 Å². The maximum absolute atomic E-state index is 10.9. The Kier molecular flexibility index (Phi) is 4.62. The highest BCUT2D eigenvalue weighted by molar-refractivity contribution is 5.02. The fraction of sp³-hybridized carbons (Fsp3) is 0.812. The monoisotopic (exact) mass is 293 g/mol. The van der Waals surface area contributed by atoms with Gasteiger partial charge in [-0.15, -0.1) is 0 Å². The zero-order valence-corrected chi connectivity index (χ0v) is 13.0. The Morgan fingerprint density at radius 1 is 1.33 bits per heavy atom. The predicted octanol–water partition coefficient (Wildman–Crippen LogP) is 1.36. The molecule has 5 heteroatoms. The second-order valence-electron chi connectivity index (χ2n) is 6.42. The molecule has 1 N–H and O–H groups in total. The lowest BCUT2D eigenvalue weighted by molar-refractivity contribution is -0.0779. The first-order valence-corrected chi connectivity index (χ1v) is 8.19. The number of hydrogen-bond acceptors (Lipinski definition) is 4. The van der Waals surface area contributed by atoms with E-state index in [9.17, 15) is 5.11 Å². The van der Waals surface area contributed by atoms with E-state index >= 15 is 0 Å². The number of aromatic nitrogens is 2. The van der Waals surface area contributed by atoms with E-state index in [1.165, 1.54) is 12.8 Å². The Hall–Kier alpha value is -0.910. The first-order valence-electron chi connectivity index (χ1n) is 8.19. The van der Waals surface area contributed by atoms with Crippen LogP contribution in [0.2, 0.25) is 0 Å². The van der Waals surface area contributed by atoms with Gasteiger partial charge in [0.1, 0.15) is 5.82 Å². The van der Waals surface area contributed by atoms with Crippen LogP contribution in [0.15, 0.2) is 12.4 Å². The maximum atomic E-state index is 10.9. The van der Waals surface area contributed by atoms with Crippen LogP contribution < -0.4 is 0 Å². The van der Waals surface area contributed by atoms with E-state index in [4.69, 9.17) is 4.74 Å². The Balaban J connectivity index is 1.66. The van der Waals surface area contributed by atoms with Crippen molar-refractivity contribution >= 4 is 0 Å². The molecule has 1 aromatic rings. The molecule has 1 atom stereocenters. The van der Waals surface area contributed by atoms with E-state index in [2.05, 4.69) is 9.88 Å². The Labute approximate surface area is 126 Å². The molecule has 1 saturated heterocycles. The van der Waals surface area contributed by atoms with Crippen LogP contribution in [0.25, 0.3) is 0 Å². The van der Waals surface area contributed by atoms with E-state index in [-0.39, 0.29) is 11.6 Å². The largest absolute Gasteiger partial charge is 0.391 e. The topological polar surface area (TPSA) is 50.5 Å². The summed E-state index contributed by atoms with van der Waals surface area (Å²) in [6, 6.07) is 0. The average Bonchev–Trinajstić information content (AvgIpc) is 3.16. The van der Waals surface area contributed by atoms with Gasteiger partial charge in [-0.25, -0.2) is 4.98 Å². The van der Waals surface area contributed by atoms with Gasteiger partial charge in [0.25, 0.3) is 0 Å². The summed E-state index contributed by atoms with van der Waals surface area (Å²) in [5.74, 6) is 1.06. The standard InChI is InChI=1S/C16H27N3O2/c1-18-9-8-17-15(18)5-4-14(20)16(6-2-3-7-16)19-10-12-21-13-11-19/h8-9,14,20H,2-7,10-13H2,1H3. The summed E-state index contributed by atoms with van der Waals surface area (Å²) < 4.78 is 7.53. The summed E-state index contributed by atoms with van der Waals surface area (Å²) in [6.07, 6.45) is 9.87. The van der Waals surface area contributed by atoms with Gasteiger partial charge in [-0.05, 0) is 19.3 Å². The Bertz CT molecular complexity index is 448. The highest BCUT2D eigenvalue weighted by atomic mass is 16.5. The zero-order chi connectivity index (χ0) is 14.7. The minimum atomic E-state index is -0.269. The van der Waals surface area contributed by atoms with Crippen molar-refractivity contribution in [1.29, 1.82) is 0 Å². The molecule has 5 nitrogen and oxygen atoms in total. The van der Waals surface area contributed by atoms with Crippen molar-refractivity contribution in [1.82, 2.24) is 14.5 Å². The van der Waals surface area contributed by atoms with Crippen LogP contribution in [0, 0.1) is 0 Å². The van der Waals surface area contributed by atoms with Gasteiger partial charge >= 0.3 is 0 Å². The van der Waals surface area contributed by atoms with Crippen molar-refractivity contribution in [2.75, 3.05) is 26.3 Å². The number of rotatable bonds is 5. The first kappa shape index (κ1) is 15.0. The second kappa shape index (κ2) is 6.46. The summed E-state index contributed by atoms with van der Waals surface area (Å²) in [4.78, 5) is 6.86. The Morgan fingerprint density at radius 2 is 2.05 bits per heavy atom. The summed E-state index contributed by atoms with van der Waals surface area (Å²) in [7, 11) is 2.02. The van der Waals surface area contributed by atoms with Crippen LogP contribution in [0.1, 0.15) is 37.9 Å². The molecular formula is C16H27N3O2. The fourth-order valence-corrected chi connectivity index (χ4v) is 4.03. The molecule has 21 heavy (non-hydrogen) atoms. The van der Waals surface area contributed by atoms with Crippen LogP contribution in [0.5, 0.6) is 0 Å². The van der Waals surface area contributed by atoms with Gasteiger partial charge in [0.15, 0.2) is 0 Å². The molecule has 1 aliphatic carbocycles. The van der Waals surface area contributed by atoms with Gasteiger partial charge in [-0.2, -0.15) is 0 Å². The van der Waals surface area contributed by atoms with Crippen LogP contribution in [0.3, 0.4) is 0 Å². The number of imidazole rings is 1. The third kappa shape index (κ3) is 3.00. The number of ether oxygens (including phenoxy) is 1. The third-order valence-electron chi connectivity index (χ3n) is 5.29. The minimum Gasteiger partial charge on any atom is -0.391 e. The number of morpholine rings is 1. The summed E-state index contributed by atoms with van der Waals surface area (Å²) in [6.45, 7) is 3.51. The van der Waals surface area contributed by atoms with E-state index in [1.54, 1.807) is 0 Å². The normalized spacial score (nSPS) is 24.3. The number of aliphatic hydroxyl groups excluding tert-OH is 1. The molecule has 1 aliphatic heterocycles. The molecule has 118 valence electrons. The highest BCUT2D eigenvalue weighted by Crippen LogP contribution is 2.39. The molecule has 1 aromatic heterocycles. The SMILES string of the molecule is Cn1ccnc1CCC(O)C1(N2CCOCC2)CCCC1. The van der Waals surface area contributed by atoms with Crippen LogP contribution in [0.4, 0.5) is 0 Å². The van der Waals surface area contributed by atoms with Crippen LogP contribution in [-0.2, 0) is 18.2 Å². The number of aliphatic hydroxyl groups is 1. The molecule has 3 rings (SSSR count). The fourth-order valence-electron chi connectivity index (χ4n) is 4.03. The second-order valence-corrected chi connectivity index (χ2v) is 6.42. The van der Waals surface area contributed by atoms with E-state index < -0.39 is 0 Å². The van der Waals surface area contributed by atoms with Crippen molar-refractivity contribution < 1.29 is 9.84 Å². The van der Waals surface area contributed by atoms with Crippen molar-refractivity contribution in [3.05, 3.63) is 18.2 Å². The summed E-state index contributed by atoms with van der Waals surface area (Å²) in [5, 5.41) is 10.9. The molecule has 0 amide bonds. The minimum absolute atomic E-state index is 0.0189. The molecule has 0 spiro atoms. The summed E-state index contributed by atoms with van der Waals surface area (Å²) in [5.41, 5.74) is -0.0189. The third-order valence-corrected chi connectivity index (χ3v) is 5.29. The first-order chi connectivity index (χ1) is 10.2.